The number of aliphatic hydroxyl groups excluding tert-OH is 1. The van der Waals surface area contributed by atoms with Crippen molar-refractivity contribution in [1.29, 1.82) is 0 Å². The van der Waals surface area contributed by atoms with Gasteiger partial charge in [0.05, 0.1) is 27.3 Å². The minimum Gasteiger partial charge on any atom is -0.507 e. The van der Waals surface area contributed by atoms with Gasteiger partial charge in [-0.3, -0.25) is 18.7 Å². The standard InChI is InChI=1S/C43H53IO18S2/c1-21(2)15-34(46)60-37-36(62-64(54,55)56)35(61-63(51,52)53)32(20-57-40(50)24-7-5-23(6-8-24)25-9-11-31(45)30(44)16-25)59-41(37)58-27-17-28(39(48)49)29-13-14-43-18-26(22(3)38(43)47)10-12-33(43)42(29,4)19-27/h5-9,11,16,21,26-29,32-33,35-38,41,45,47H,3,10,12-15,17-20H2,1-2,4H3,(H,48,49)(H,51,52,53)(H,54,55,56)/t26-,27-,28-,29-,32-,33+,35-,36+,37-,38-,41-,42-,43-/m1/s1. The molecule has 5 N–H and O–H groups in total. The molecule has 64 heavy (non-hydrogen) atoms. The van der Waals surface area contributed by atoms with Crippen molar-refractivity contribution in [3.05, 3.63) is 63.8 Å². The highest BCUT2D eigenvalue weighted by Crippen LogP contribution is 2.70. The number of esters is 2. The molecule has 1 heterocycles. The van der Waals surface area contributed by atoms with E-state index in [2.05, 4.69) is 6.58 Å². The van der Waals surface area contributed by atoms with Gasteiger partial charge in [0.2, 0.25) is 0 Å². The van der Waals surface area contributed by atoms with Gasteiger partial charge in [-0.2, -0.15) is 16.8 Å². The summed E-state index contributed by atoms with van der Waals surface area (Å²) in [4.78, 5) is 39.9. The molecular formula is C43H53IO18S2. The third kappa shape index (κ3) is 10.0. The second-order valence-electron chi connectivity index (χ2n) is 18.4. The maximum absolute atomic E-state index is 13.5. The topological polar surface area (TPSA) is 276 Å². The predicted octanol–water partition coefficient (Wildman–Crippen LogP) is 5.51. The van der Waals surface area contributed by atoms with Gasteiger partial charge in [0.15, 0.2) is 18.5 Å². The Morgan fingerprint density at radius 2 is 1.59 bits per heavy atom. The van der Waals surface area contributed by atoms with Crippen LogP contribution in [0.4, 0.5) is 0 Å². The molecule has 21 heteroatoms. The molecule has 2 aromatic rings. The summed E-state index contributed by atoms with van der Waals surface area (Å²) in [5.74, 6) is -4.49. The number of carbonyl (C=O) groups excluding carboxylic acids is 2. The Hall–Kier alpha value is -3.26. The molecule has 4 saturated carbocycles. The highest BCUT2D eigenvalue weighted by molar-refractivity contribution is 14.1. The summed E-state index contributed by atoms with van der Waals surface area (Å²) in [6.45, 7) is 8.65. The molecule has 352 valence electrons. The molecule has 5 aliphatic rings. The van der Waals surface area contributed by atoms with Gasteiger partial charge in [0, 0.05) is 11.8 Å². The second kappa shape index (κ2) is 18.4. The van der Waals surface area contributed by atoms with E-state index >= 15 is 0 Å². The highest BCUT2D eigenvalue weighted by atomic mass is 127. The lowest BCUT2D eigenvalue weighted by Gasteiger charge is -2.62. The number of fused-ring (bicyclic) bond motifs is 3. The van der Waals surface area contributed by atoms with E-state index in [1.54, 1.807) is 38.1 Å². The largest absolute Gasteiger partial charge is 0.507 e. The SMILES string of the molecule is C=C1[C@@H]2CC[C@H]3[C@]4(C)C[C@H](O[C@@H]5O[C@H](COC(=O)c6ccc(-c7ccc(O)c(I)c7)cc6)[C@@H](OS(=O)(=O)O)[C@H](OS(=O)(=O)O)[C@H]5OC(=O)CC(C)C)C[C@@H](C(=O)O)[C@H]4CC[C@]3(C2)[C@@H]1O. The van der Waals surface area contributed by atoms with Crippen LogP contribution in [0, 0.1) is 44.0 Å². The smallest absolute Gasteiger partial charge is 0.397 e. The second-order valence-corrected chi connectivity index (χ2v) is 21.7. The fourth-order valence-corrected chi connectivity index (χ4v) is 13.1. The number of aromatic hydroxyl groups is 1. The summed E-state index contributed by atoms with van der Waals surface area (Å²) in [5, 5.41) is 32.2. The Labute approximate surface area is 385 Å². The molecule has 1 spiro atoms. The molecule has 0 radical (unpaired) electrons. The Balaban J connectivity index is 1.22. The number of halogens is 1. The van der Waals surface area contributed by atoms with Gasteiger partial charge in [-0.1, -0.05) is 45.5 Å². The zero-order valence-electron chi connectivity index (χ0n) is 35.3. The van der Waals surface area contributed by atoms with Gasteiger partial charge < -0.3 is 34.3 Å². The number of phenolic OH excluding ortho intramolecular Hbond substituents is 1. The van der Waals surface area contributed by atoms with Gasteiger partial charge in [-0.15, -0.1) is 0 Å². The maximum atomic E-state index is 13.5. The molecule has 2 bridgehead atoms. The zero-order chi connectivity index (χ0) is 46.7. The monoisotopic (exact) mass is 1050 g/mol. The number of carbonyl (C=O) groups is 3. The van der Waals surface area contributed by atoms with E-state index in [0.29, 0.717) is 28.4 Å². The first-order valence-corrected chi connectivity index (χ1v) is 24.9. The van der Waals surface area contributed by atoms with Gasteiger partial charge in [0.1, 0.15) is 24.6 Å². The number of aliphatic hydroxyl groups is 1. The molecule has 5 fully saturated rings. The first kappa shape index (κ1) is 48.7. The average molecular weight is 1050 g/mol. The first-order valence-electron chi connectivity index (χ1n) is 21.1. The van der Waals surface area contributed by atoms with Crippen LogP contribution in [0.25, 0.3) is 11.1 Å². The number of carboxylic acids is 1. The molecule has 13 atom stereocenters. The molecule has 1 aliphatic heterocycles. The van der Waals surface area contributed by atoms with Crippen LogP contribution in [0.3, 0.4) is 0 Å². The van der Waals surface area contributed by atoms with Crippen LogP contribution >= 0.6 is 22.6 Å². The fraction of sp³-hybridized carbons (Fsp3) is 0.605. The Morgan fingerprint density at radius 3 is 2.22 bits per heavy atom. The van der Waals surface area contributed by atoms with Crippen molar-refractivity contribution in [3.63, 3.8) is 0 Å². The number of carboxylic acid groups (broad SMARTS) is 1. The summed E-state index contributed by atoms with van der Waals surface area (Å²) in [6.07, 6.45) is -9.01. The number of hydrogen-bond acceptors (Lipinski definition) is 15. The molecule has 2 aromatic carbocycles. The third-order valence-corrected chi connectivity index (χ3v) is 15.9. The first-order chi connectivity index (χ1) is 29.9. The van der Waals surface area contributed by atoms with Gasteiger partial charge in [-0.25, -0.2) is 13.2 Å². The van der Waals surface area contributed by atoms with E-state index < -0.39 is 105 Å². The van der Waals surface area contributed by atoms with E-state index in [0.717, 1.165) is 24.0 Å². The molecular weight excluding hydrogens is 995 g/mol. The molecule has 1 saturated heterocycles. The van der Waals surface area contributed by atoms with Gasteiger partial charge in [0.25, 0.3) is 0 Å². The number of aliphatic carboxylic acids is 1. The summed E-state index contributed by atoms with van der Waals surface area (Å²) in [5.41, 5.74) is 0.954. The maximum Gasteiger partial charge on any atom is 0.397 e. The van der Waals surface area contributed by atoms with Crippen molar-refractivity contribution in [3.8, 4) is 16.9 Å². The number of benzene rings is 2. The van der Waals surface area contributed by atoms with Crippen molar-refractivity contribution >= 4 is 61.3 Å². The number of phenols is 1. The van der Waals surface area contributed by atoms with Crippen molar-refractivity contribution in [2.24, 2.45) is 40.4 Å². The van der Waals surface area contributed by atoms with E-state index in [-0.39, 0.29) is 54.2 Å². The number of hydrogen-bond donors (Lipinski definition) is 5. The molecule has 7 rings (SSSR count). The average Bonchev–Trinajstić information content (AvgIpc) is 3.37. The lowest BCUT2D eigenvalue weighted by molar-refractivity contribution is -0.315. The highest BCUT2D eigenvalue weighted by Gasteiger charge is 2.67. The Morgan fingerprint density at radius 1 is 0.938 bits per heavy atom. The van der Waals surface area contributed by atoms with E-state index in [9.17, 15) is 55.6 Å². The van der Waals surface area contributed by atoms with Gasteiger partial charge >= 0.3 is 38.7 Å². The fourth-order valence-electron chi connectivity index (χ4n) is 11.5. The van der Waals surface area contributed by atoms with E-state index in [1.807, 2.05) is 29.5 Å². The lowest BCUT2D eigenvalue weighted by Crippen LogP contribution is -2.64. The summed E-state index contributed by atoms with van der Waals surface area (Å²) >= 11 is 1.97. The minimum atomic E-state index is -5.55. The van der Waals surface area contributed by atoms with Crippen molar-refractivity contribution < 1.29 is 83.0 Å². The lowest BCUT2D eigenvalue weighted by atomic mass is 9.43. The third-order valence-electron chi connectivity index (χ3n) is 14.1. The van der Waals surface area contributed by atoms with Gasteiger partial charge in [-0.05, 0) is 138 Å². The van der Waals surface area contributed by atoms with E-state index in [1.165, 1.54) is 18.2 Å². The molecule has 0 unspecified atom stereocenters. The van der Waals surface area contributed by atoms with Crippen molar-refractivity contribution in [2.75, 3.05) is 6.61 Å². The van der Waals surface area contributed by atoms with Crippen LogP contribution < -0.4 is 0 Å². The van der Waals surface area contributed by atoms with Crippen LogP contribution in [0.15, 0.2) is 54.6 Å². The van der Waals surface area contributed by atoms with Crippen LogP contribution in [0.1, 0.15) is 82.5 Å². The Kier molecular flexibility index (Phi) is 14.0. The number of ether oxygens (including phenoxy) is 4. The molecule has 0 amide bonds. The normalized spacial score (nSPS) is 35.0. The van der Waals surface area contributed by atoms with E-state index in [4.69, 9.17) is 27.3 Å². The summed E-state index contributed by atoms with van der Waals surface area (Å²) in [7, 11) is -11.1. The zero-order valence-corrected chi connectivity index (χ0v) is 39.1. The predicted molar refractivity (Wildman–Crippen MR) is 232 cm³/mol. The quantitative estimate of drug-likeness (QED) is 0.0513. The summed E-state index contributed by atoms with van der Waals surface area (Å²) in [6, 6.07) is 11.0. The number of rotatable bonds is 14. The van der Waals surface area contributed by atoms with Crippen LogP contribution in [0.5, 0.6) is 5.75 Å². The van der Waals surface area contributed by atoms with Crippen molar-refractivity contribution in [1.82, 2.24) is 0 Å². The molecule has 4 aliphatic carbocycles. The van der Waals surface area contributed by atoms with Crippen LogP contribution in [0.2, 0.25) is 0 Å². The minimum absolute atomic E-state index is 0.0132. The molecule has 18 nitrogen and oxygen atoms in total. The van der Waals surface area contributed by atoms with Crippen LogP contribution in [-0.2, 0) is 57.7 Å². The van der Waals surface area contributed by atoms with Crippen LogP contribution in [-0.4, -0.2) is 109 Å². The molecule has 0 aromatic heterocycles. The summed E-state index contributed by atoms with van der Waals surface area (Å²) < 4.78 is 104. The Bertz CT molecular complexity index is 2360. The van der Waals surface area contributed by atoms with Crippen molar-refractivity contribution in [2.45, 2.75) is 115 Å².